The van der Waals surface area contributed by atoms with Gasteiger partial charge in [-0.3, -0.25) is 9.36 Å². The average Bonchev–Trinajstić information content (AvgIpc) is 2.37. The van der Waals surface area contributed by atoms with Gasteiger partial charge in [0.05, 0.1) is 22.3 Å². The van der Waals surface area contributed by atoms with E-state index in [4.69, 9.17) is 23.1 Å². The Kier molecular flexibility index (Phi) is 3.57. The highest BCUT2D eigenvalue weighted by atomic mass is 35.5. The molecule has 1 heterocycles. The monoisotopic (exact) mass is 275 g/mol. The van der Waals surface area contributed by atoms with Crippen molar-refractivity contribution in [1.82, 2.24) is 4.57 Å². The van der Waals surface area contributed by atoms with Crippen molar-refractivity contribution < 1.29 is 0 Å². The van der Waals surface area contributed by atoms with E-state index in [1.165, 1.54) is 10.6 Å². The Labute approximate surface area is 115 Å². The van der Waals surface area contributed by atoms with Gasteiger partial charge in [-0.1, -0.05) is 36.9 Å². The highest BCUT2D eigenvalue weighted by molar-refractivity contribution is 6.35. The molecule has 0 spiro atoms. The summed E-state index contributed by atoms with van der Waals surface area (Å²) < 4.78 is 1.34. The summed E-state index contributed by atoms with van der Waals surface area (Å²) in [4.78, 5) is 12.5. The quantitative estimate of drug-likeness (QED) is 0.666. The summed E-state index contributed by atoms with van der Waals surface area (Å²) in [5.41, 5.74) is 12.0. The van der Waals surface area contributed by atoms with Crippen LogP contribution in [0, 0.1) is 0 Å². The maximum atomic E-state index is 12.5. The van der Waals surface area contributed by atoms with Crippen LogP contribution in [0.5, 0.6) is 0 Å². The molecule has 0 aliphatic carbocycles. The van der Waals surface area contributed by atoms with Gasteiger partial charge in [0.25, 0.3) is 5.56 Å². The molecule has 0 radical (unpaired) electrons. The third-order valence-corrected chi connectivity index (χ3v) is 3.20. The van der Waals surface area contributed by atoms with Gasteiger partial charge in [-0.25, -0.2) is 0 Å². The van der Waals surface area contributed by atoms with Crippen LogP contribution < -0.4 is 17.0 Å². The molecule has 4 nitrogen and oxygen atoms in total. The van der Waals surface area contributed by atoms with Crippen LogP contribution in [0.1, 0.15) is 11.9 Å². The molecule has 0 fully saturated rings. The van der Waals surface area contributed by atoms with E-state index < -0.39 is 6.17 Å². The van der Waals surface area contributed by atoms with Crippen molar-refractivity contribution in [2.24, 2.45) is 11.5 Å². The third kappa shape index (κ3) is 2.21. The minimum Gasteiger partial charge on any atom is -0.311 e. The molecule has 0 saturated heterocycles. The number of rotatable bonds is 3. The molecule has 0 aliphatic rings. The van der Waals surface area contributed by atoms with Gasteiger partial charge in [0.2, 0.25) is 0 Å². The van der Waals surface area contributed by atoms with Crippen LogP contribution in [0.4, 0.5) is 0 Å². The molecule has 19 heavy (non-hydrogen) atoms. The lowest BCUT2D eigenvalue weighted by atomic mass is 10.1. The number of fused-ring (bicyclic) bond motifs is 1. The number of nitrogens with zero attached hydrogens (tertiary/aromatic N) is 1. The Morgan fingerprint density at radius 2 is 2.11 bits per heavy atom. The first-order valence-electron chi connectivity index (χ1n) is 5.64. The Morgan fingerprint density at radius 1 is 1.42 bits per heavy atom. The van der Waals surface area contributed by atoms with Crippen molar-refractivity contribution in [2.45, 2.75) is 6.17 Å². The van der Waals surface area contributed by atoms with Gasteiger partial charge in [0, 0.05) is 5.70 Å². The number of allylic oxidation sites excluding steroid dienone is 2. The lowest BCUT2D eigenvalue weighted by molar-refractivity contribution is 0.710. The van der Waals surface area contributed by atoms with Crippen molar-refractivity contribution in [3.63, 3.8) is 0 Å². The number of benzene rings is 1. The Bertz CT molecular complexity index is 731. The topological polar surface area (TPSA) is 74.0 Å². The van der Waals surface area contributed by atoms with Gasteiger partial charge in [-0.05, 0) is 23.6 Å². The fourth-order valence-electron chi connectivity index (χ4n) is 1.97. The highest BCUT2D eigenvalue weighted by Gasteiger charge is 2.15. The third-order valence-electron chi connectivity index (χ3n) is 2.89. The fourth-order valence-corrected chi connectivity index (χ4v) is 2.24. The van der Waals surface area contributed by atoms with Gasteiger partial charge < -0.3 is 11.5 Å². The van der Waals surface area contributed by atoms with Crippen molar-refractivity contribution in [3.8, 4) is 0 Å². The van der Waals surface area contributed by atoms with Gasteiger partial charge in [-0.15, -0.1) is 0 Å². The standard InChI is InChI=1S/C14H14ClN3O/c1-3-8(2)18-11(13(16)17)7-9-5-4-6-10(15)12(9)14(18)19/h3-7,13H,1-2,16-17H2. The Hall–Kier alpha value is -1.88. The zero-order valence-corrected chi connectivity index (χ0v) is 11.0. The molecule has 0 saturated carbocycles. The maximum absolute atomic E-state index is 12.5. The lowest BCUT2D eigenvalue weighted by Gasteiger charge is -2.17. The summed E-state index contributed by atoms with van der Waals surface area (Å²) in [7, 11) is 0. The van der Waals surface area contributed by atoms with E-state index in [2.05, 4.69) is 13.2 Å². The fraction of sp³-hybridized carbons (Fsp3) is 0.0714. The molecule has 0 unspecified atom stereocenters. The predicted molar refractivity (Wildman–Crippen MR) is 79.9 cm³/mol. The summed E-state index contributed by atoms with van der Waals surface area (Å²) in [6.45, 7) is 7.38. The first-order chi connectivity index (χ1) is 8.97. The van der Waals surface area contributed by atoms with Crippen LogP contribution >= 0.6 is 11.6 Å². The summed E-state index contributed by atoms with van der Waals surface area (Å²) in [6.07, 6.45) is 0.670. The molecule has 0 amide bonds. The minimum atomic E-state index is -0.798. The van der Waals surface area contributed by atoms with E-state index in [0.717, 1.165) is 0 Å². The summed E-state index contributed by atoms with van der Waals surface area (Å²) >= 11 is 6.08. The number of pyridine rings is 1. The molecule has 4 N–H and O–H groups in total. The molecule has 5 heteroatoms. The van der Waals surface area contributed by atoms with Crippen molar-refractivity contribution >= 4 is 28.1 Å². The largest absolute Gasteiger partial charge is 0.311 e. The molecule has 0 bridgehead atoms. The number of nitrogens with two attached hydrogens (primary N) is 2. The number of aromatic nitrogens is 1. The van der Waals surface area contributed by atoms with Crippen LogP contribution in [0.15, 0.2) is 48.3 Å². The first kappa shape index (κ1) is 13.5. The number of hydrogen-bond donors (Lipinski definition) is 2. The van der Waals surface area contributed by atoms with Crippen LogP contribution in [-0.2, 0) is 0 Å². The van der Waals surface area contributed by atoms with E-state index in [9.17, 15) is 4.79 Å². The summed E-state index contributed by atoms with van der Waals surface area (Å²) in [5.74, 6) is 0. The van der Waals surface area contributed by atoms with Crippen molar-refractivity contribution in [1.29, 1.82) is 0 Å². The van der Waals surface area contributed by atoms with Crippen LogP contribution in [-0.4, -0.2) is 4.57 Å². The summed E-state index contributed by atoms with van der Waals surface area (Å²) in [5, 5.41) is 1.49. The maximum Gasteiger partial charge on any atom is 0.264 e. The van der Waals surface area contributed by atoms with Crippen LogP contribution in [0.25, 0.3) is 16.5 Å². The second-order valence-electron chi connectivity index (χ2n) is 4.14. The number of hydrogen-bond acceptors (Lipinski definition) is 3. The summed E-state index contributed by atoms with van der Waals surface area (Å²) in [6, 6.07) is 6.95. The van der Waals surface area contributed by atoms with E-state index in [1.807, 2.05) is 0 Å². The molecule has 1 aromatic carbocycles. The van der Waals surface area contributed by atoms with Gasteiger partial charge in [0.1, 0.15) is 0 Å². The molecular weight excluding hydrogens is 262 g/mol. The first-order valence-corrected chi connectivity index (χ1v) is 6.02. The van der Waals surface area contributed by atoms with E-state index in [0.29, 0.717) is 27.2 Å². The molecule has 0 aliphatic heterocycles. The average molecular weight is 276 g/mol. The smallest absolute Gasteiger partial charge is 0.264 e. The molecular formula is C14H14ClN3O. The van der Waals surface area contributed by atoms with E-state index >= 15 is 0 Å². The zero-order chi connectivity index (χ0) is 14.2. The van der Waals surface area contributed by atoms with Gasteiger partial charge in [-0.2, -0.15) is 0 Å². The predicted octanol–water partition coefficient (Wildman–Crippen LogP) is 2.23. The van der Waals surface area contributed by atoms with Crippen LogP contribution in [0.3, 0.4) is 0 Å². The molecule has 0 atom stereocenters. The zero-order valence-electron chi connectivity index (χ0n) is 10.3. The Balaban J connectivity index is 2.99. The number of halogens is 1. The lowest BCUT2D eigenvalue weighted by Crippen LogP contribution is -2.30. The molecule has 2 aromatic rings. The van der Waals surface area contributed by atoms with E-state index in [1.54, 1.807) is 24.3 Å². The normalized spacial score (nSPS) is 10.9. The second-order valence-corrected chi connectivity index (χ2v) is 4.54. The van der Waals surface area contributed by atoms with Gasteiger partial charge in [0.15, 0.2) is 0 Å². The SMILES string of the molecule is C=CC(=C)n1c(C(N)N)cc2cccc(Cl)c2c1=O. The molecule has 98 valence electrons. The van der Waals surface area contributed by atoms with Crippen LogP contribution in [0.2, 0.25) is 5.02 Å². The van der Waals surface area contributed by atoms with Gasteiger partial charge >= 0.3 is 0 Å². The highest BCUT2D eigenvalue weighted by Crippen LogP contribution is 2.23. The molecule has 1 aromatic heterocycles. The van der Waals surface area contributed by atoms with E-state index in [-0.39, 0.29) is 5.56 Å². The van der Waals surface area contributed by atoms with Crippen molar-refractivity contribution in [2.75, 3.05) is 0 Å². The molecule has 2 rings (SSSR count). The van der Waals surface area contributed by atoms with Crippen molar-refractivity contribution in [3.05, 3.63) is 64.6 Å². The minimum absolute atomic E-state index is 0.302. The Morgan fingerprint density at radius 3 is 2.68 bits per heavy atom. The second kappa shape index (κ2) is 5.01.